The summed E-state index contributed by atoms with van der Waals surface area (Å²) in [5.41, 5.74) is 3.80. The van der Waals surface area contributed by atoms with Crippen molar-refractivity contribution in [2.75, 3.05) is 34.5 Å². The third-order valence-electron chi connectivity index (χ3n) is 6.40. The third kappa shape index (κ3) is 5.24. The van der Waals surface area contributed by atoms with Crippen molar-refractivity contribution in [1.82, 2.24) is 15.6 Å². The van der Waals surface area contributed by atoms with Crippen LogP contribution in [-0.2, 0) is 11.2 Å². The van der Waals surface area contributed by atoms with Crippen LogP contribution >= 0.6 is 0 Å². The van der Waals surface area contributed by atoms with Crippen LogP contribution in [0.2, 0.25) is 0 Å². The summed E-state index contributed by atoms with van der Waals surface area (Å²) >= 11 is 0. The molecule has 2 aromatic rings. The number of fused-ring (bicyclic) bond motifs is 1. The Kier molecular flexibility index (Phi) is 7.55. The summed E-state index contributed by atoms with van der Waals surface area (Å²) in [6, 6.07) is 10.7. The van der Waals surface area contributed by atoms with E-state index in [1.54, 1.807) is 33.4 Å². The van der Waals surface area contributed by atoms with E-state index in [0.29, 0.717) is 42.4 Å². The van der Waals surface area contributed by atoms with E-state index < -0.39 is 0 Å². The van der Waals surface area contributed by atoms with Gasteiger partial charge >= 0.3 is 6.03 Å². The topological polar surface area (TPSA) is 101 Å². The van der Waals surface area contributed by atoms with Gasteiger partial charge in [0.05, 0.1) is 26.0 Å². The first-order valence-corrected chi connectivity index (χ1v) is 11.8. The van der Waals surface area contributed by atoms with E-state index in [-0.39, 0.29) is 24.0 Å². The molecule has 0 radical (unpaired) electrons. The monoisotopic (exact) mass is 480 g/mol. The number of nitrogens with one attached hydrogen (secondary N) is 2. The number of hydrogen-bond acceptors (Lipinski definition) is 6. The maximum absolute atomic E-state index is 12.8. The van der Waals surface area contributed by atoms with Crippen molar-refractivity contribution < 1.29 is 23.8 Å². The van der Waals surface area contributed by atoms with Crippen molar-refractivity contribution in [3.8, 4) is 11.5 Å². The molecule has 2 aliphatic rings. The fourth-order valence-electron chi connectivity index (χ4n) is 4.44. The minimum Gasteiger partial charge on any atom is -0.493 e. The summed E-state index contributed by atoms with van der Waals surface area (Å²) in [6.07, 6.45) is 2.22. The summed E-state index contributed by atoms with van der Waals surface area (Å²) in [5, 5.41) is 12.0. The minimum atomic E-state index is -0.297. The molecule has 2 heterocycles. The van der Waals surface area contributed by atoms with Gasteiger partial charge in [-0.2, -0.15) is 5.10 Å². The quantitative estimate of drug-likeness (QED) is 0.685. The molecule has 0 saturated carbocycles. The Labute approximate surface area is 205 Å². The molecule has 0 spiro atoms. The van der Waals surface area contributed by atoms with E-state index >= 15 is 0 Å². The predicted octanol–water partition coefficient (Wildman–Crippen LogP) is 2.95. The normalized spacial score (nSPS) is 18.1. The number of benzene rings is 2. The lowest BCUT2D eigenvalue weighted by atomic mass is 9.93. The molecule has 35 heavy (non-hydrogen) atoms. The Morgan fingerprint density at radius 3 is 2.34 bits per heavy atom. The van der Waals surface area contributed by atoms with Gasteiger partial charge in [0.2, 0.25) is 0 Å². The SMILES string of the molecule is CNC(=O)N1N=C(c2ccc(C(=O)NC3CCOCC3)cc2)c2cc(OC)c(OC)cc2CC1C. The number of carbonyl (C=O) groups excluding carboxylic acids is 2. The number of ether oxygens (including phenoxy) is 3. The highest BCUT2D eigenvalue weighted by Gasteiger charge is 2.28. The van der Waals surface area contributed by atoms with Gasteiger partial charge in [-0.3, -0.25) is 4.79 Å². The van der Waals surface area contributed by atoms with E-state index in [0.717, 1.165) is 29.5 Å². The van der Waals surface area contributed by atoms with Gasteiger partial charge in [0, 0.05) is 43.0 Å². The molecule has 4 rings (SSSR count). The average Bonchev–Trinajstić information content (AvgIpc) is 3.03. The molecule has 0 bridgehead atoms. The van der Waals surface area contributed by atoms with Crippen molar-refractivity contribution in [2.24, 2.45) is 5.10 Å². The van der Waals surface area contributed by atoms with Crippen molar-refractivity contribution >= 4 is 17.6 Å². The molecule has 186 valence electrons. The van der Waals surface area contributed by atoms with E-state index in [4.69, 9.17) is 19.3 Å². The summed E-state index contributed by atoms with van der Waals surface area (Å²) < 4.78 is 16.4. The Morgan fingerprint density at radius 2 is 1.71 bits per heavy atom. The molecule has 0 aromatic heterocycles. The molecule has 1 fully saturated rings. The highest BCUT2D eigenvalue weighted by Crippen LogP contribution is 2.34. The molecule has 3 amide bonds. The molecule has 0 aliphatic carbocycles. The Balaban J connectivity index is 1.71. The Hall–Kier alpha value is -3.59. The number of rotatable bonds is 5. The zero-order valence-corrected chi connectivity index (χ0v) is 20.6. The van der Waals surface area contributed by atoms with E-state index in [2.05, 4.69) is 10.6 Å². The highest BCUT2D eigenvalue weighted by molar-refractivity contribution is 6.15. The van der Waals surface area contributed by atoms with E-state index in [9.17, 15) is 9.59 Å². The molecule has 2 aliphatic heterocycles. The molecular formula is C26H32N4O5. The largest absolute Gasteiger partial charge is 0.493 e. The summed E-state index contributed by atoms with van der Waals surface area (Å²) in [7, 11) is 4.77. The Bertz CT molecular complexity index is 1110. The van der Waals surface area contributed by atoms with Gasteiger partial charge in [-0.15, -0.1) is 0 Å². The van der Waals surface area contributed by atoms with Crippen LogP contribution in [0.5, 0.6) is 11.5 Å². The number of nitrogens with zero attached hydrogens (tertiary/aromatic N) is 2. The van der Waals surface area contributed by atoms with Crippen molar-refractivity contribution in [3.05, 3.63) is 58.7 Å². The highest BCUT2D eigenvalue weighted by atomic mass is 16.5. The van der Waals surface area contributed by atoms with Gasteiger partial charge in [-0.05, 0) is 56.0 Å². The van der Waals surface area contributed by atoms with Gasteiger partial charge in [0.25, 0.3) is 5.91 Å². The molecule has 2 N–H and O–H groups in total. The van der Waals surface area contributed by atoms with Gasteiger partial charge in [-0.1, -0.05) is 12.1 Å². The molecular weight excluding hydrogens is 448 g/mol. The maximum atomic E-state index is 12.8. The van der Waals surface area contributed by atoms with Crippen LogP contribution in [0, 0.1) is 0 Å². The summed E-state index contributed by atoms with van der Waals surface area (Å²) in [5.74, 6) is 1.08. The molecule has 1 saturated heterocycles. The third-order valence-corrected chi connectivity index (χ3v) is 6.40. The number of hydrazone groups is 1. The lowest BCUT2D eigenvalue weighted by Gasteiger charge is -2.23. The van der Waals surface area contributed by atoms with Crippen LogP contribution in [0.15, 0.2) is 41.5 Å². The zero-order chi connectivity index (χ0) is 24.9. The van der Waals surface area contributed by atoms with Crippen LogP contribution < -0.4 is 20.1 Å². The van der Waals surface area contributed by atoms with E-state index in [1.165, 1.54) is 5.01 Å². The molecule has 1 atom stereocenters. The van der Waals surface area contributed by atoms with Crippen LogP contribution in [0.25, 0.3) is 0 Å². The number of carbonyl (C=O) groups is 2. The van der Waals surface area contributed by atoms with Crippen molar-refractivity contribution in [1.29, 1.82) is 0 Å². The smallest absolute Gasteiger partial charge is 0.337 e. The lowest BCUT2D eigenvalue weighted by molar-refractivity contribution is 0.0696. The maximum Gasteiger partial charge on any atom is 0.337 e. The fourth-order valence-corrected chi connectivity index (χ4v) is 4.44. The van der Waals surface area contributed by atoms with Crippen molar-refractivity contribution in [2.45, 2.75) is 38.3 Å². The van der Waals surface area contributed by atoms with Crippen LogP contribution in [0.4, 0.5) is 4.79 Å². The number of urea groups is 1. The second kappa shape index (κ2) is 10.8. The number of methoxy groups -OCH3 is 2. The second-order valence-corrected chi connectivity index (χ2v) is 8.70. The van der Waals surface area contributed by atoms with Crippen LogP contribution in [-0.4, -0.2) is 69.2 Å². The minimum absolute atomic E-state index is 0.112. The van der Waals surface area contributed by atoms with Gasteiger partial charge in [0.1, 0.15) is 0 Å². The summed E-state index contributed by atoms with van der Waals surface area (Å²) in [6.45, 7) is 3.28. The molecule has 1 unspecified atom stereocenters. The van der Waals surface area contributed by atoms with Gasteiger partial charge < -0.3 is 24.8 Å². The lowest BCUT2D eigenvalue weighted by Crippen LogP contribution is -2.41. The number of amides is 3. The number of hydrogen-bond donors (Lipinski definition) is 2. The van der Waals surface area contributed by atoms with Crippen LogP contribution in [0.1, 0.15) is 46.8 Å². The van der Waals surface area contributed by atoms with Gasteiger partial charge in [0.15, 0.2) is 11.5 Å². The van der Waals surface area contributed by atoms with E-state index in [1.807, 2.05) is 31.2 Å². The average molecular weight is 481 g/mol. The molecule has 9 heteroatoms. The first kappa shape index (κ1) is 24.5. The standard InChI is InChI=1S/C26H32N4O5/c1-16-13-19-14-22(33-3)23(34-4)15-21(19)24(29-30(16)26(32)27-2)17-5-7-18(8-6-17)25(31)28-20-9-11-35-12-10-20/h5-8,14-16,20H,9-13H2,1-4H3,(H,27,32)(H,28,31). The summed E-state index contributed by atoms with van der Waals surface area (Å²) in [4.78, 5) is 25.4. The zero-order valence-electron chi connectivity index (χ0n) is 20.6. The first-order valence-electron chi connectivity index (χ1n) is 11.8. The molecule has 2 aromatic carbocycles. The van der Waals surface area contributed by atoms with Crippen molar-refractivity contribution in [3.63, 3.8) is 0 Å². The van der Waals surface area contributed by atoms with Crippen LogP contribution in [0.3, 0.4) is 0 Å². The fraction of sp³-hybridized carbons (Fsp3) is 0.423. The molecule has 9 nitrogen and oxygen atoms in total. The Morgan fingerprint density at radius 1 is 1.06 bits per heavy atom. The predicted molar refractivity (Wildman–Crippen MR) is 132 cm³/mol. The first-order chi connectivity index (χ1) is 16.9. The van der Waals surface area contributed by atoms with Gasteiger partial charge in [-0.25, -0.2) is 9.80 Å². The second-order valence-electron chi connectivity index (χ2n) is 8.70.